The van der Waals surface area contributed by atoms with Gasteiger partial charge in [-0.15, -0.1) is 0 Å². The smallest absolute Gasteiger partial charge is 0.409 e. The molecule has 0 heterocycles. The molecule has 8 heteroatoms. The number of hydrogen-bond acceptors (Lipinski definition) is 6. The van der Waals surface area contributed by atoms with E-state index >= 15 is 0 Å². The molecule has 0 aliphatic carbocycles. The maximum absolute atomic E-state index is 12.1. The summed E-state index contributed by atoms with van der Waals surface area (Å²) in [6.45, 7) is 0. The zero-order valence-electron chi connectivity index (χ0n) is 11.1. The second kappa shape index (κ2) is 6.35. The first-order valence-electron chi connectivity index (χ1n) is 6.01. The number of esters is 1. The van der Waals surface area contributed by atoms with E-state index in [1.54, 1.807) is 0 Å². The van der Waals surface area contributed by atoms with Gasteiger partial charge in [-0.3, -0.25) is 10.1 Å². The first-order chi connectivity index (χ1) is 10.5. The molecule has 8 nitrogen and oxygen atoms in total. The van der Waals surface area contributed by atoms with Gasteiger partial charge in [-0.25, -0.2) is 9.59 Å². The molecule has 0 aromatic heterocycles. The highest BCUT2D eigenvalue weighted by molar-refractivity contribution is 5.95. The van der Waals surface area contributed by atoms with Crippen LogP contribution < -0.4 is 15.2 Å². The van der Waals surface area contributed by atoms with Crippen molar-refractivity contribution >= 4 is 17.7 Å². The number of nitrogens with zero attached hydrogens (tertiary/aromatic N) is 1. The molecule has 0 saturated carbocycles. The Bertz CT molecular complexity index is 744. The van der Waals surface area contributed by atoms with Gasteiger partial charge in [0.05, 0.1) is 4.92 Å². The second-order valence-electron chi connectivity index (χ2n) is 4.03. The largest absolute Gasteiger partial charge is 0.415 e. The molecule has 0 aliphatic heterocycles. The van der Waals surface area contributed by atoms with E-state index in [-0.39, 0.29) is 22.7 Å². The number of rotatable bonds is 4. The lowest BCUT2D eigenvalue weighted by Crippen LogP contribution is -2.19. The maximum Gasteiger partial charge on any atom is 0.409 e. The van der Waals surface area contributed by atoms with Gasteiger partial charge >= 0.3 is 17.7 Å². The fraction of sp³-hybridized carbons (Fsp3) is 0. The van der Waals surface area contributed by atoms with Crippen LogP contribution in [0.2, 0.25) is 0 Å². The van der Waals surface area contributed by atoms with Gasteiger partial charge < -0.3 is 15.2 Å². The molecule has 0 radical (unpaired) electrons. The standard InChI is InChI=1S/C14H10N2O6/c15-14(18)22-11-7-3-1-5-9(11)13(17)21-12-8-4-2-6-10(12)16(19)20/h1-8H,(H2,15,18). The van der Waals surface area contributed by atoms with E-state index in [0.29, 0.717) is 0 Å². The van der Waals surface area contributed by atoms with E-state index < -0.39 is 17.0 Å². The van der Waals surface area contributed by atoms with Crippen LogP contribution in [0.4, 0.5) is 10.5 Å². The van der Waals surface area contributed by atoms with Gasteiger partial charge in [0.15, 0.2) is 0 Å². The minimum absolute atomic E-state index is 0.0838. The van der Waals surface area contributed by atoms with Crippen molar-refractivity contribution in [3.05, 3.63) is 64.2 Å². The number of nitro benzene ring substituents is 1. The maximum atomic E-state index is 12.1. The minimum Gasteiger partial charge on any atom is -0.415 e. The molecule has 0 aliphatic rings. The lowest BCUT2D eigenvalue weighted by atomic mass is 10.2. The molecule has 2 aromatic rings. The van der Waals surface area contributed by atoms with Crippen LogP contribution in [-0.4, -0.2) is 17.0 Å². The predicted octanol–water partition coefficient (Wildman–Crippen LogP) is 2.27. The number of para-hydroxylation sites is 3. The van der Waals surface area contributed by atoms with Crippen LogP contribution in [0.25, 0.3) is 0 Å². The Morgan fingerprint density at radius 1 is 0.955 bits per heavy atom. The third kappa shape index (κ3) is 3.37. The Labute approximate surface area is 124 Å². The summed E-state index contributed by atoms with van der Waals surface area (Å²) in [7, 11) is 0. The average molecular weight is 302 g/mol. The van der Waals surface area contributed by atoms with Crippen molar-refractivity contribution in [2.24, 2.45) is 5.73 Å². The van der Waals surface area contributed by atoms with Gasteiger partial charge in [0.1, 0.15) is 11.3 Å². The van der Waals surface area contributed by atoms with Crippen molar-refractivity contribution in [1.82, 2.24) is 0 Å². The number of nitrogens with two attached hydrogens (primary N) is 1. The van der Waals surface area contributed by atoms with E-state index in [0.717, 1.165) is 0 Å². The molecule has 2 rings (SSSR count). The molecule has 0 fully saturated rings. The topological polar surface area (TPSA) is 122 Å². The highest BCUT2D eigenvalue weighted by Gasteiger charge is 2.21. The molecular weight excluding hydrogens is 292 g/mol. The molecule has 0 bridgehead atoms. The monoisotopic (exact) mass is 302 g/mol. The van der Waals surface area contributed by atoms with Crippen LogP contribution in [0.3, 0.4) is 0 Å². The third-order valence-electron chi connectivity index (χ3n) is 2.58. The number of hydrogen-bond donors (Lipinski definition) is 1. The van der Waals surface area contributed by atoms with Gasteiger partial charge in [-0.05, 0) is 18.2 Å². The van der Waals surface area contributed by atoms with Gasteiger partial charge in [0.2, 0.25) is 5.75 Å². The highest BCUT2D eigenvalue weighted by Crippen LogP contribution is 2.28. The lowest BCUT2D eigenvalue weighted by Gasteiger charge is -2.08. The van der Waals surface area contributed by atoms with Crippen LogP contribution in [0.15, 0.2) is 48.5 Å². The van der Waals surface area contributed by atoms with Gasteiger partial charge in [-0.1, -0.05) is 24.3 Å². The first kappa shape index (κ1) is 15.0. The molecule has 112 valence electrons. The van der Waals surface area contributed by atoms with Crippen LogP contribution >= 0.6 is 0 Å². The summed E-state index contributed by atoms with van der Waals surface area (Å²) in [6, 6.07) is 11.2. The molecule has 2 aromatic carbocycles. The minimum atomic E-state index is -1.09. The van der Waals surface area contributed by atoms with Crippen LogP contribution in [-0.2, 0) is 0 Å². The molecule has 2 N–H and O–H groups in total. The molecular formula is C14H10N2O6. The fourth-order valence-corrected chi connectivity index (χ4v) is 1.68. The molecule has 0 atom stereocenters. The van der Waals surface area contributed by atoms with Crippen molar-refractivity contribution in [2.75, 3.05) is 0 Å². The van der Waals surface area contributed by atoms with Crippen molar-refractivity contribution < 1.29 is 24.0 Å². The molecule has 1 amide bonds. The van der Waals surface area contributed by atoms with Gasteiger partial charge in [0.25, 0.3) is 0 Å². The molecule has 0 spiro atoms. The Morgan fingerprint density at radius 3 is 2.18 bits per heavy atom. The molecule has 0 unspecified atom stereocenters. The Balaban J connectivity index is 2.31. The van der Waals surface area contributed by atoms with E-state index in [2.05, 4.69) is 4.74 Å². The van der Waals surface area contributed by atoms with Crippen molar-refractivity contribution in [3.8, 4) is 11.5 Å². The average Bonchev–Trinajstić information content (AvgIpc) is 2.47. The van der Waals surface area contributed by atoms with Crippen molar-refractivity contribution in [1.29, 1.82) is 0 Å². The summed E-state index contributed by atoms with van der Waals surface area (Å²) in [6.07, 6.45) is -1.09. The Kier molecular flexibility index (Phi) is 4.33. The van der Waals surface area contributed by atoms with Crippen molar-refractivity contribution in [3.63, 3.8) is 0 Å². The van der Waals surface area contributed by atoms with Crippen LogP contribution in [0, 0.1) is 10.1 Å². The summed E-state index contributed by atoms with van der Waals surface area (Å²) in [5.41, 5.74) is 4.47. The summed E-state index contributed by atoms with van der Waals surface area (Å²) in [5.74, 6) is -1.23. The number of primary amides is 1. The summed E-state index contributed by atoms with van der Waals surface area (Å²) >= 11 is 0. The van der Waals surface area contributed by atoms with E-state index in [1.165, 1.54) is 48.5 Å². The number of amides is 1. The number of carbonyl (C=O) groups excluding carboxylic acids is 2. The lowest BCUT2D eigenvalue weighted by molar-refractivity contribution is -0.385. The molecule has 0 saturated heterocycles. The summed E-state index contributed by atoms with van der Waals surface area (Å²) in [4.78, 5) is 33.1. The Hall–Kier alpha value is -3.42. The first-order valence-corrected chi connectivity index (χ1v) is 6.01. The number of ether oxygens (including phenoxy) is 2. The predicted molar refractivity (Wildman–Crippen MR) is 74.7 cm³/mol. The van der Waals surface area contributed by atoms with Crippen LogP contribution in [0.5, 0.6) is 11.5 Å². The second-order valence-corrected chi connectivity index (χ2v) is 4.03. The SMILES string of the molecule is NC(=O)Oc1ccccc1C(=O)Oc1ccccc1[N+](=O)[O-]. The normalized spacial score (nSPS) is 9.82. The van der Waals surface area contributed by atoms with Crippen LogP contribution in [0.1, 0.15) is 10.4 Å². The van der Waals surface area contributed by atoms with E-state index in [9.17, 15) is 19.7 Å². The zero-order valence-corrected chi connectivity index (χ0v) is 11.1. The zero-order chi connectivity index (χ0) is 16.1. The summed E-state index contributed by atoms with van der Waals surface area (Å²) in [5, 5.41) is 10.9. The third-order valence-corrected chi connectivity index (χ3v) is 2.58. The number of carbonyl (C=O) groups is 2. The van der Waals surface area contributed by atoms with Crippen molar-refractivity contribution in [2.45, 2.75) is 0 Å². The highest BCUT2D eigenvalue weighted by atomic mass is 16.6. The number of nitro groups is 1. The van der Waals surface area contributed by atoms with Gasteiger partial charge in [0, 0.05) is 6.07 Å². The van der Waals surface area contributed by atoms with Gasteiger partial charge in [-0.2, -0.15) is 0 Å². The fourth-order valence-electron chi connectivity index (χ4n) is 1.68. The Morgan fingerprint density at radius 2 is 1.55 bits per heavy atom. The number of benzene rings is 2. The van der Waals surface area contributed by atoms with E-state index in [4.69, 9.17) is 10.5 Å². The molecule has 22 heavy (non-hydrogen) atoms. The summed E-state index contributed by atoms with van der Waals surface area (Å²) < 4.78 is 9.69. The quantitative estimate of drug-likeness (QED) is 0.400. The van der Waals surface area contributed by atoms with E-state index in [1.807, 2.05) is 0 Å².